The maximum absolute atomic E-state index is 13.5. The Bertz CT molecular complexity index is 875. The van der Waals surface area contributed by atoms with E-state index in [1.807, 2.05) is 48.5 Å². The van der Waals surface area contributed by atoms with Crippen LogP contribution in [0, 0.1) is 5.82 Å². The van der Waals surface area contributed by atoms with Gasteiger partial charge in [0.25, 0.3) is 5.91 Å². The van der Waals surface area contributed by atoms with Gasteiger partial charge in [-0.25, -0.2) is 4.39 Å². The monoisotopic (exact) mass is 345 g/mol. The Hall–Kier alpha value is -3.20. The summed E-state index contributed by atoms with van der Waals surface area (Å²) >= 11 is 0. The lowest BCUT2D eigenvalue weighted by Crippen LogP contribution is -2.46. The lowest BCUT2D eigenvalue weighted by molar-refractivity contribution is 0.0913. The number of hydrogen-bond donors (Lipinski definition) is 1. The summed E-state index contributed by atoms with van der Waals surface area (Å²) in [7, 11) is 0. The van der Waals surface area contributed by atoms with E-state index in [0.717, 1.165) is 11.1 Å². The number of benzene rings is 3. The lowest BCUT2D eigenvalue weighted by Gasteiger charge is -2.35. The zero-order chi connectivity index (χ0) is 18.4. The molecule has 0 aliphatic carbocycles. The van der Waals surface area contributed by atoms with E-state index in [1.54, 1.807) is 30.3 Å². The summed E-state index contributed by atoms with van der Waals surface area (Å²) in [6.45, 7) is 3.87. The zero-order valence-electron chi connectivity index (χ0n) is 14.4. The van der Waals surface area contributed by atoms with Crippen molar-refractivity contribution in [3.63, 3.8) is 0 Å². The third-order valence-electron chi connectivity index (χ3n) is 4.42. The molecule has 3 aromatic carbocycles. The van der Waals surface area contributed by atoms with E-state index >= 15 is 0 Å². The van der Waals surface area contributed by atoms with Crippen LogP contribution >= 0.6 is 0 Å². The van der Waals surface area contributed by atoms with Crippen LogP contribution in [0.25, 0.3) is 0 Å². The summed E-state index contributed by atoms with van der Waals surface area (Å²) in [5, 5.41) is 3.17. The predicted molar refractivity (Wildman–Crippen MR) is 102 cm³/mol. The number of rotatable bonds is 6. The van der Waals surface area contributed by atoms with Gasteiger partial charge in [0.1, 0.15) is 5.82 Å². The minimum atomic E-state index is -0.830. The van der Waals surface area contributed by atoms with Crippen molar-refractivity contribution in [3.05, 3.63) is 120 Å². The number of carbonyl (C=O) groups excluding carboxylic acids is 1. The number of carbonyl (C=O) groups is 1. The fraction of sp³-hybridized carbons (Fsp3) is 0.0870. The quantitative estimate of drug-likeness (QED) is 0.621. The number of halogens is 1. The highest BCUT2D eigenvalue weighted by Gasteiger charge is 2.35. The van der Waals surface area contributed by atoms with Crippen LogP contribution in [0.15, 0.2) is 97.6 Å². The van der Waals surface area contributed by atoms with Gasteiger partial charge in [-0.15, -0.1) is 6.58 Å². The van der Waals surface area contributed by atoms with Crippen molar-refractivity contribution in [3.8, 4) is 0 Å². The van der Waals surface area contributed by atoms with Gasteiger partial charge in [0.05, 0.1) is 5.54 Å². The molecular formula is C23H20FNO. The van der Waals surface area contributed by atoms with Gasteiger partial charge in [0.2, 0.25) is 0 Å². The molecule has 1 unspecified atom stereocenters. The molecule has 1 atom stereocenters. The van der Waals surface area contributed by atoms with Crippen LogP contribution in [-0.2, 0) is 5.54 Å². The highest BCUT2D eigenvalue weighted by molar-refractivity contribution is 5.95. The van der Waals surface area contributed by atoms with Crippen molar-refractivity contribution in [2.45, 2.75) is 12.0 Å². The Labute approximate surface area is 153 Å². The predicted octanol–water partition coefficient (Wildman–Crippen LogP) is 5.08. The second-order valence-corrected chi connectivity index (χ2v) is 6.09. The fourth-order valence-electron chi connectivity index (χ4n) is 3.13. The summed E-state index contributed by atoms with van der Waals surface area (Å²) in [6, 6.07) is 25.0. The minimum absolute atomic E-state index is 0.194. The Morgan fingerprint density at radius 2 is 1.42 bits per heavy atom. The first-order valence-electron chi connectivity index (χ1n) is 8.46. The molecule has 1 N–H and O–H groups in total. The molecule has 130 valence electrons. The van der Waals surface area contributed by atoms with E-state index in [-0.39, 0.29) is 11.7 Å². The van der Waals surface area contributed by atoms with Crippen LogP contribution in [0.1, 0.15) is 27.9 Å². The highest BCUT2D eigenvalue weighted by Crippen LogP contribution is 2.34. The van der Waals surface area contributed by atoms with Crippen molar-refractivity contribution in [1.82, 2.24) is 5.32 Å². The molecule has 0 aromatic heterocycles. The van der Waals surface area contributed by atoms with Gasteiger partial charge < -0.3 is 5.32 Å². The summed E-state index contributed by atoms with van der Waals surface area (Å²) < 4.78 is 13.5. The van der Waals surface area contributed by atoms with Crippen LogP contribution in [0.2, 0.25) is 0 Å². The van der Waals surface area contributed by atoms with Crippen LogP contribution in [0.5, 0.6) is 0 Å². The largest absolute Gasteiger partial charge is 0.338 e. The molecule has 0 saturated heterocycles. The number of nitrogens with one attached hydrogen (secondary N) is 1. The summed E-state index contributed by atoms with van der Waals surface area (Å²) in [5.74, 6) is -0.510. The lowest BCUT2D eigenvalue weighted by atomic mass is 9.79. The SMILES string of the molecule is C=CCC(NC(=O)c1ccccc1)(c1ccccc1)c1ccc(F)cc1. The van der Waals surface area contributed by atoms with Crippen molar-refractivity contribution in [1.29, 1.82) is 0 Å². The zero-order valence-corrected chi connectivity index (χ0v) is 14.4. The molecule has 26 heavy (non-hydrogen) atoms. The summed E-state index contributed by atoms with van der Waals surface area (Å²) in [4.78, 5) is 12.9. The second-order valence-electron chi connectivity index (χ2n) is 6.09. The molecule has 3 heteroatoms. The molecule has 0 fully saturated rings. The van der Waals surface area contributed by atoms with Crippen LogP contribution in [0.4, 0.5) is 4.39 Å². The Morgan fingerprint density at radius 3 is 2.00 bits per heavy atom. The van der Waals surface area contributed by atoms with E-state index in [0.29, 0.717) is 12.0 Å². The number of hydrogen-bond acceptors (Lipinski definition) is 1. The van der Waals surface area contributed by atoms with Gasteiger partial charge >= 0.3 is 0 Å². The topological polar surface area (TPSA) is 29.1 Å². The summed E-state index contributed by atoms with van der Waals surface area (Å²) in [5.41, 5.74) is 1.45. The van der Waals surface area contributed by atoms with E-state index < -0.39 is 5.54 Å². The van der Waals surface area contributed by atoms with Crippen molar-refractivity contribution >= 4 is 5.91 Å². The van der Waals surface area contributed by atoms with Crippen LogP contribution < -0.4 is 5.32 Å². The van der Waals surface area contributed by atoms with Gasteiger partial charge in [-0.1, -0.05) is 66.7 Å². The molecule has 2 nitrogen and oxygen atoms in total. The molecule has 3 aromatic rings. The van der Waals surface area contributed by atoms with Crippen molar-refractivity contribution in [2.75, 3.05) is 0 Å². The Morgan fingerprint density at radius 1 is 0.885 bits per heavy atom. The maximum Gasteiger partial charge on any atom is 0.252 e. The first kappa shape index (κ1) is 17.6. The van der Waals surface area contributed by atoms with Crippen LogP contribution in [-0.4, -0.2) is 5.91 Å². The molecule has 0 spiro atoms. The molecule has 3 rings (SSSR count). The third-order valence-corrected chi connectivity index (χ3v) is 4.42. The number of amides is 1. The average molecular weight is 345 g/mol. The van der Waals surface area contributed by atoms with Gasteiger partial charge in [0, 0.05) is 5.56 Å². The molecule has 0 aliphatic heterocycles. The fourth-order valence-corrected chi connectivity index (χ4v) is 3.13. The Balaban J connectivity index is 2.12. The third kappa shape index (κ3) is 3.57. The van der Waals surface area contributed by atoms with E-state index in [2.05, 4.69) is 11.9 Å². The molecule has 0 radical (unpaired) electrons. The summed E-state index contributed by atoms with van der Waals surface area (Å²) in [6.07, 6.45) is 2.24. The minimum Gasteiger partial charge on any atom is -0.338 e. The molecule has 1 amide bonds. The highest BCUT2D eigenvalue weighted by atomic mass is 19.1. The second kappa shape index (κ2) is 7.79. The smallest absolute Gasteiger partial charge is 0.252 e. The molecule has 0 bridgehead atoms. The maximum atomic E-state index is 13.5. The van der Waals surface area contributed by atoms with E-state index in [1.165, 1.54) is 12.1 Å². The van der Waals surface area contributed by atoms with E-state index in [9.17, 15) is 9.18 Å². The molecule has 0 heterocycles. The van der Waals surface area contributed by atoms with Gasteiger partial charge in [-0.3, -0.25) is 4.79 Å². The first-order valence-corrected chi connectivity index (χ1v) is 8.46. The van der Waals surface area contributed by atoms with Crippen molar-refractivity contribution < 1.29 is 9.18 Å². The first-order chi connectivity index (χ1) is 12.7. The van der Waals surface area contributed by atoms with Gasteiger partial charge in [0.15, 0.2) is 0 Å². The van der Waals surface area contributed by atoms with E-state index in [4.69, 9.17) is 0 Å². The van der Waals surface area contributed by atoms with Gasteiger partial charge in [-0.2, -0.15) is 0 Å². The molecular weight excluding hydrogens is 325 g/mol. The van der Waals surface area contributed by atoms with Crippen molar-refractivity contribution in [2.24, 2.45) is 0 Å². The standard InChI is InChI=1S/C23H20FNO/c1-2-17-23(19-11-7-4-8-12-19,20-13-15-21(24)16-14-20)25-22(26)18-9-5-3-6-10-18/h2-16H,1,17H2,(H,25,26). The normalized spacial score (nSPS) is 12.8. The molecule has 0 aliphatic rings. The molecule has 0 saturated carbocycles. The Kier molecular flexibility index (Phi) is 5.28. The average Bonchev–Trinajstić information content (AvgIpc) is 2.69. The van der Waals surface area contributed by atoms with Crippen LogP contribution in [0.3, 0.4) is 0 Å². The van der Waals surface area contributed by atoms with Gasteiger partial charge in [-0.05, 0) is 41.8 Å².